The summed E-state index contributed by atoms with van der Waals surface area (Å²) in [5.74, 6) is 0.372. The monoisotopic (exact) mass is 259 g/mol. The molecular weight excluding hydrogens is 246 g/mol. The number of nitrogens with one attached hydrogen (secondary N) is 1. The van der Waals surface area contributed by atoms with E-state index in [2.05, 4.69) is 10.5 Å². The summed E-state index contributed by atoms with van der Waals surface area (Å²) in [7, 11) is 0. The Balaban J connectivity index is 1.87. The Morgan fingerprint density at radius 2 is 2.16 bits per heavy atom. The van der Waals surface area contributed by atoms with Gasteiger partial charge in [-0.25, -0.2) is 5.43 Å². The first-order valence-corrected chi connectivity index (χ1v) is 6.15. The highest BCUT2D eigenvalue weighted by Crippen LogP contribution is 2.31. The number of hydrogen-bond acceptors (Lipinski definition) is 4. The van der Waals surface area contributed by atoms with Gasteiger partial charge < -0.3 is 9.64 Å². The molecule has 0 spiro atoms. The minimum atomic E-state index is -0.171. The van der Waals surface area contributed by atoms with Gasteiger partial charge in [-0.1, -0.05) is 12.1 Å². The molecule has 0 aromatic heterocycles. The van der Waals surface area contributed by atoms with Crippen molar-refractivity contribution in [2.45, 2.75) is 12.8 Å². The Kier molecular flexibility index (Phi) is 2.91. The lowest BCUT2D eigenvalue weighted by atomic mass is 10.1. The van der Waals surface area contributed by atoms with Crippen molar-refractivity contribution in [3.8, 4) is 5.75 Å². The van der Waals surface area contributed by atoms with Gasteiger partial charge in [0, 0.05) is 12.8 Å². The molecule has 0 aliphatic carbocycles. The van der Waals surface area contributed by atoms with E-state index >= 15 is 0 Å². The number of hydrogen-bond donors (Lipinski definition) is 1. The van der Waals surface area contributed by atoms with Crippen LogP contribution in [0.25, 0.3) is 0 Å². The second-order valence-electron chi connectivity index (χ2n) is 4.37. The second-order valence-corrected chi connectivity index (χ2v) is 4.37. The van der Waals surface area contributed by atoms with Gasteiger partial charge in [-0.3, -0.25) is 9.59 Å². The summed E-state index contributed by atoms with van der Waals surface area (Å²) in [5, 5.41) is 3.84. The zero-order valence-corrected chi connectivity index (χ0v) is 10.3. The van der Waals surface area contributed by atoms with Crippen molar-refractivity contribution in [2.75, 3.05) is 18.1 Å². The van der Waals surface area contributed by atoms with Gasteiger partial charge in [0.25, 0.3) is 5.91 Å². The highest BCUT2D eigenvalue weighted by atomic mass is 16.5. The fraction of sp³-hybridized carbons (Fsp3) is 0.308. The molecule has 0 saturated heterocycles. The average molecular weight is 259 g/mol. The van der Waals surface area contributed by atoms with Gasteiger partial charge in [-0.05, 0) is 12.1 Å². The number of hydrazone groups is 1. The van der Waals surface area contributed by atoms with Gasteiger partial charge in [0.1, 0.15) is 18.1 Å². The number of benzene rings is 1. The number of para-hydroxylation sites is 2. The number of anilines is 1. The van der Waals surface area contributed by atoms with Crippen LogP contribution in [0.5, 0.6) is 5.75 Å². The Hall–Kier alpha value is -2.37. The van der Waals surface area contributed by atoms with Crippen molar-refractivity contribution < 1.29 is 14.3 Å². The maximum atomic E-state index is 12.4. The summed E-state index contributed by atoms with van der Waals surface area (Å²) in [6, 6.07) is 7.40. The second kappa shape index (κ2) is 4.72. The van der Waals surface area contributed by atoms with Gasteiger partial charge in [-0.15, -0.1) is 0 Å². The predicted octanol–water partition coefficient (Wildman–Crippen LogP) is 0.678. The third-order valence-corrected chi connectivity index (χ3v) is 3.12. The zero-order chi connectivity index (χ0) is 13.2. The van der Waals surface area contributed by atoms with E-state index in [4.69, 9.17) is 4.74 Å². The normalized spacial score (nSPS) is 18.0. The van der Waals surface area contributed by atoms with Crippen LogP contribution in [0.1, 0.15) is 12.8 Å². The summed E-state index contributed by atoms with van der Waals surface area (Å²) in [6.45, 7) is 0.950. The number of nitrogens with zero attached hydrogens (tertiary/aromatic N) is 2. The lowest BCUT2D eigenvalue weighted by Crippen LogP contribution is -2.44. The fourth-order valence-electron chi connectivity index (χ4n) is 2.16. The molecule has 2 amide bonds. The lowest BCUT2D eigenvalue weighted by molar-refractivity contribution is -0.121. The summed E-state index contributed by atoms with van der Waals surface area (Å²) in [6.07, 6.45) is 0.681. The van der Waals surface area contributed by atoms with Crippen LogP contribution in [0.4, 0.5) is 5.69 Å². The van der Waals surface area contributed by atoms with Crippen LogP contribution in [0.15, 0.2) is 29.4 Å². The molecule has 19 heavy (non-hydrogen) atoms. The van der Waals surface area contributed by atoms with E-state index < -0.39 is 0 Å². The minimum absolute atomic E-state index is 0.154. The van der Waals surface area contributed by atoms with Gasteiger partial charge >= 0.3 is 0 Å². The van der Waals surface area contributed by atoms with Crippen LogP contribution in [-0.4, -0.2) is 30.7 Å². The Labute approximate surface area is 110 Å². The molecule has 3 rings (SSSR count). The van der Waals surface area contributed by atoms with Crippen molar-refractivity contribution in [1.82, 2.24) is 5.43 Å². The highest BCUT2D eigenvalue weighted by Gasteiger charge is 2.28. The molecule has 1 N–H and O–H groups in total. The fourth-order valence-corrected chi connectivity index (χ4v) is 2.16. The highest BCUT2D eigenvalue weighted by molar-refractivity contribution is 6.44. The maximum Gasteiger partial charge on any atom is 0.274 e. The standard InChI is InChI=1S/C13H13N3O3/c17-12-6-5-9(14-15-12)13(18)16-7-8-19-11-4-2-1-3-10(11)16/h1-4H,5-8H2,(H,15,17). The number of carbonyl (C=O) groups excluding carboxylic acids is 2. The Morgan fingerprint density at radius 1 is 1.32 bits per heavy atom. The van der Waals surface area contributed by atoms with Crippen molar-refractivity contribution in [2.24, 2.45) is 5.10 Å². The van der Waals surface area contributed by atoms with E-state index in [9.17, 15) is 9.59 Å². The third kappa shape index (κ3) is 2.16. The number of carbonyl (C=O) groups is 2. The number of amides is 2. The smallest absolute Gasteiger partial charge is 0.274 e. The van der Waals surface area contributed by atoms with Crippen LogP contribution < -0.4 is 15.1 Å². The van der Waals surface area contributed by atoms with Crippen LogP contribution in [0.2, 0.25) is 0 Å². The summed E-state index contributed by atoms with van der Waals surface area (Å²) in [5.41, 5.74) is 3.48. The van der Waals surface area contributed by atoms with Crippen LogP contribution in [-0.2, 0) is 9.59 Å². The van der Waals surface area contributed by atoms with E-state index in [0.29, 0.717) is 37.5 Å². The molecule has 0 saturated carbocycles. The van der Waals surface area contributed by atoms with E-state index in [-0.39, 0.29) is 11.8 Å². The molecular formula is C13H13N3O3. The molecule has 0 unspecified atom stereocenters. The molecule has 6 heteroatoms. The quantitative estimate of drug-likeness (QED) is 0.806. The summed E-state index contributed by atoms with van der Waals surface area (Å²) >= 11 is 0. The molecule has 6 nitrogen and oxygen atoms in total. The SMILES string of the molecule is O=C1CCC(C(=O)N2CCOc3ccccc32)=NN1. The van der Waals surface area contributed by atoms with E-state index in [1.807, 2.05) is 24.3 Å². The van der Waals surface area contributed by atoms with Crippen LogP contribution >= 0.6 is 0 Å². The average Bonchev–Trinajstić information content (AvgIpc) is 2.47. The van der Waals surface area contributed by atoms with Crippen molar-refractivity contribution in [3.05, 3.63) is 24.3 Å². The molecule has 98 valence electrons. The zero-order valence-electron chi connectivity index (χ0n) is 10.3. The van der Waals surface area contributed by atoms with Gasteiger partial charge in [0.2, 0.25) is 5.91 Å². The first-order chi connectivity index (χ1) is 9.25. The first kappa shape index (κ1) is 11.7. The number of ether oxygens (including phenoxy) is 1. The molecule has 0 radical (unpaired) electrons. The van der Waals surface area contributed by atoms with Gasteiger partial charge in [-0.2, -0.15) is 5.10 Å². The molecule has 0 atom stereocenters. The third-order valence-electron chi connectivity index (χ3n) is 3.12. The van der Waals surface area contributed by atoms with Crippen molar-refractivity contribution in [1.29, 1.82) is 0 Å². The van der Waals surface area contributed by atoms with Gasteiger partial charge in [0.15, 0.2) is 0 Å². The van der Waals surface area contributed by atoms with Crippen LogP contribution in [0, 0.1) is 0 Å². The Morgan fingerprint density at radius 3 is 2.95 bits per heavy atom. The largest absolute Gasteiger partial charge is 0.490 e. The molecule has 1 aromatic rings. The summed E-state index contributed by atoms with van der Waals surface area (Å²) < 4.78 is 5.50. The molecule has 2 aliphatic heterocycles. The molecule has 1 aromatic carbocycles. The number of fused-ring (bicyclic) bond motifs is 1. The topological polar surface area (TPSA) is 71.0 Å². The van der Waals surface area contributed by atoms with Crippen molar-refractivity contribution >= 4 is 23.2 Å². The summed E-state index contributed by atoms with van der Waals surface area (Å²) in [4.78, 5) is 25.1. The molecule has 0 fully saturated rings. The Bertz CT molecular complexity index is 568. The molecule has 2 aliphatic rings. The van der Waals surface area contributed by atoms with E-state index in [0.717, 1.165) is 5.69 Å². The maximum absolute atomic E-state index is 12.4. The molecule has 0 bridgehead atoms. The van der Waals surface area contributed by atoms with Crippen LogP contribution in [0.3, 0.4) is 0 Å². The van der Waals surface area contributed by atoms with E-state index in [1.54, 1.807) is 4.90 Å². The predicted molar refractivity (Wildman–Crippen MR) is 69.1 cm³/mol. The van der Waals surface area contributed by atoms with Crippen molar-refractivity contribution in [3.63, 3.8) is 0 Å². The molecule has 2 heterocycles. The lowest BCUT2D eigenvalue weighted by Gasteiger charge is -2.30. The van der Waals surface area contributed by atoms with Gasteiger partial charge in [0.05, 0.1) is 12.2 Å². The minimum Gasteiger partial charge on any atom is -0.490 e. The first-order valence-electron chi connectivity index (χ1n) is 6.15. The van der Waals surface area contributed by atoms with E-state index in [1.165, 1.54) is 0 Å². The number of rotatable bonds is 1.